The van der Waals surface area contributed by atoms with Gasteiger partial charge in [0.15, 0.2) is 0 Å². The van der Waals surface area contributed by atoms with Crippen molar-refractivity contribution in [2.75, 3.05) is 31.1 Å². The topological polar surface area (TPSA) is 54.3 Å². The molecule has 0 spiro atoms. The van der Waals surface area contributed by atoms with E-state index in [1.807, 2.05) is 23.7 Å². The van der Waals surface area contributed by atoms with Crippen LogP contribution in [0.4, 0.5) is 5.69 Å². The van der Waals surface area contributed by atoms with Gasteiger partial charge in [-0.05, 0) is 24.3 Å². The van der Waals surface area contributed by atoms with Crippen molar-refractivity contribution >= 4 is 38.0 Å². The summed E-state index contributed by atoms with van der Waals surface area (Å²) in [5, 5.41) is 4.50. The predicted molar refractivity (Wildman–Crippen MR) is 105 cm³/mol. The third-order valence-electron chi connectivity index (χ3n) is 4.80. The van der Waals surface area contributed by atoms with Crippen LogP contribution in [0.1, 0.15) is 0 Å². The fraction of sp³-hybridized carbons (Fsp3) is 0.263. The number of nitrogens with zero attached hydrogens (tertiary/aromatic N) is 2. The lowest BCUT2D eigenvalue weighted by molar-refractivity contribution is 0.590. The van der Waals surface area contributed by atoms with Crippen LogP contribution >= 0.6 is 11.6 Å². The first-order chi connectivity index (χ1) is 12.5. The van der Waals surface area contributed by atoms with E-state index < -0.39 is 9.84 Å². The lowest BCUT2D eigenvalue weighted by Crippen LogP contribution is -2.43. The van der Waals surface area contributed by atoms with Gasteiger partial charge in [0.25, 0.3) is 0 Å². The number of para-hydroxylation sites is 1. The number of benzene rings is 2. The van der Waals surface area contributed by atoms with Crippen LogP contribution in [0.2, 0.25) is 5.02 Å². The summed E-state index contributed by atoms with van der Waals surface area (Å²) in [6.45, 7) is 3.66. The molecule has 0 radical (unpaired) electrons. The average Bonchev–Trinajstić information content (AvgIpc) is 3.00. The van der Waals surface area contributed by atoms with E-state index in [0.717, 1.165) is 42.8 Å². The molecule has 1 aliphatic rings. The smallest absolute Gasteiger partial charge is 0.208 e. The van der Waals surface area contributed by atoms with Gasteiger partial charge in [0.1, 0.15) is 0 Å². The Morgan fingerprint density at radius 3 is 2.54 bits per heavy atom. The summed E-state index contributed by atoms with van der Waals surface area (Å²) >= 11 is 6.01. The van der Waals surface area contributed by atoms with Crippen molar-refractivity contribution in [2.45, 2.75) is 9.79 Å². The highest BCUT2D eigenvalue weighted by atomic mass is 35.5. The fourth-order valence-corrected chi connectivity index (χ4v) is 5.35. The minimum absolute atomic E-state index is 0.213. The van der Waals surface area contributed by atoms with Crippen molar-refractivity contribution in [3.63, 3.8) is 0 Å². The Kier molecular flexibility index (Phi) is 4.42. The number of rotatable bonds is 3. The SMILES string of the molecule is Cn1cc(S(=O)(=O)c2cccc(Cl)c2)c2cccc(N3CCNCC3)c21. The molecule has 2 heterocycles. The quantitative estimate of drug-likeness (QED) is 0.748. The largest absolute Gasteiger partial charge is 0.367 e. The van der Waals surface area contributed by atoms with Crippen LogP contribution in [0.25, 0.3) is 10.9 Å². The van der Waals surface area contributed by atoms with E-state index in [-0.39, 0.29) is 4.90 Å². The van der Waals surface area contributed by atoms with Crippen molar-refractivity contribution in [3.05, 3.63) is 53.7 Å². The van der Waals surface area contributed by atoms with Gasteiger partial charge in [-0.15, -0.1) is 0 Å². The molecule has 1 aromatic heterocycles. The second-order valence-corrected chi connectivity index (χ2v) is 8.83. The number of hydrogen-bond acceptors (Lipinski definition) is 4. The molecule has 5 nitrogen and oxygen atoms in total. The molecule has 0 saturated carbocycles. The number of sulfone groups is 1. The second kappa shape index (κ2) is 6.61. The Morgan fingerprint density at radius 1 is 1.08 bits per heavy atom. The third kappa shape index (κ3) is 2.88. The van der Waals surface area contributed by atoms with Gasteiger partial charge in [-0.2, -0.15) is 0 Å². The highest BCUT2D eigenvalue weighted by Gasteiger charge is 2.25. The van der Waals surface area contributed by atoms with Gasteiger partial charge in [-0.3, -0.25) is 0 Å². The van der Waals surface area contributed by atoms with Crippen LogP contribution in [0, 0.1) is 0 Å². The number of hydrogen-bond donors (Lipinski definition) is 1. The van der Waals surface area contributed by atoms with Crippen molar-refractivity contribution in [2.24, 2.45) is 7.05 Å². The minimum atomic E-state index is -3.65. The number of aryl methyl sites for hydroxylation is 1. The molecule has 0 unspecified atom stereocenters. The van der Waals surface area contributed by atoms with Crippen LogP contribution in [-0.4, -0.2) is 39.2 Å². The van der Waals surface area contributed by atoms with Gasteiger partial charge in [0.05, 0.1) is 21.0 Å². The summed E-state index contributed by atoms with van der Waals surface area (Å²) in [4.78, 5) is 2.83. The van der Waals surface area contributed by atoms with E-state index in [1.165, 1.54) is 6.07 Å². The first-order valence-electron chi connectivity index (χ1n) is 8.53. The van der Waals surface area contributed by atoms with Crippen LogP contribution in [0.3, 0.4) is 0 Å². The second-order valence-electron chi connectivity index (χ2n) is 6.48. The Morgan fingerprint density at radius 2 is 1.81 bits per heavy atom. The normalized spacial score (nSPS) is 15.5. The number of anilines is 1. The first kappa shape index (κ1) is 17.4. The van der Waals surface area contributed by atoms with Crippen LogP contribution in [0.15, 0.2) is 58.5 Å². The summed E-state index contributed by atoms with van der Waals surface area (Å²) in [5.74, 6) is 0. The third-order valence-corrected chi connectivity index (χ3v) is 6.81. The molecular weight excluding hydrogens is 370 g/mol. The van der Waals surface area contributed by atoms with Crippen LogP contribution in [0.5, 0.6) is 0 Å². The van der Waals surface area contributed by atoms with Crippen molar-refractivity contribution in [1.29, 1.82) is 0 Å². The first-order valence-corrected chi connectivity index (χ1v) is 10.4. The summed E-state index contributed by atoms with van der Waals surface area (Å²) in [6, 6.07) is 12.3. The van der Waals surface area contributed by atoms with Crippen LogP contribution < -0.4 is 10.2 Å². The van der Waals surface area contributed by atoms with E-state index in [2.05, 4.69) is 16.3 Å². The number of nitrogens with one attached hydrogen (secondary N) is 1. The number of aromatic nitrogens is 1. The standard InChI is InChI=1S/C19H20ClN3O2S/c1-22-13-18(26(24,25)15-5-2-4-14(20)12-15)16-6-3-7-17(19(16)22)23-10-8-21-9-11-23/h2-7,12-13,21H,8-11H2,1H3. The van der Waals surface area contributed by atoms with Gasteiger partial charge in [0.2, 0.25) is 9.84 Å². The average molecular weight is 390 g/mol. The lowest BCUT2D eigenvalue weighted by atomic mass is 10.2. The van der Waals surface area contributed by atoms with Crippen LogP contribution in [-0.2, 0) is 16.9 Å². The van der Waals surface area contributed by atoms with Crippen molar-refractivity contribution in [1.82, 2.24) is 9.88 Å². The maximum absolute atomic E-state index is 13.2. The summed E-state index contributed by atoms with van der Waals surface area (Å²) in [7, 11) is -1.76. The maximum Gasteiger partial charge on any atom is 0.208 e. The molecule has 0 atom stereocenters. The lowest BCUT2D eigenvalue weighted by Gasteiger charge is -2.30. The van der Waals surface area contributed by atoms with Gasteiger partial charge in [-0.1, -0.05) is 29.8 Å². The van der Waals surface area contributed by atoms with Gasteiger partial charge in [0, 0.05) is 49.8 Å². The zero-order chi connectivity index (χ0) is 18.3. The maximum atomic E-state index is 13.2. The summed E-state index contributed by atoms with van der Waals surface area (Å²) < 4.78 is 28.3. The minimum Gasteiger partial charge on any atom is -0.367 e. The zero-order valence-corrected chi connectivity index (χ0v) is 16.0. The highest BCUT2D eigenvalue weighted by Crippen LogP contribution is 2.35. The highest BCUT2D eigenvalue weighted by molar-refractivity contribution is 7.91. The molecule has 0 amide bonds. The Hall–Kier alpha value is -2.02. The fourth-order valence-electron chi connectivity index (χ4n) is 3.55. The Balaban J connectivity index is 1.90. The van der Waals surface area contributed by atoms with Gasteiger partial charge < -0.3 is 14.8 Å². The molecule has 1 aliphatic heterocycles. The monoisotopic (exact) mass is 389 g/mol. The number of fused-ring (bicyclic) bond motifs is 1. The predicted octanol–water partition coefficient (Wildman–Crippen LogP) is 3.07. The van der Waals surface area contributed by atoms with Gasteiger partial charge in [-0.25, -0.2) is 8.42 Å². The molecule has 0 bridgehead atoms. The molecule has 1 saturated heterocycles. The van der Waals surface area contributed by atoms with Gasteiger partial charge >= 0.3 is 0 Å². The summed E-state index contributed by atoms with van der Waals surface area (Å²) in [6.07, 6.45) is 1.70. The molecule has 26 heavy (non-hydrogen) atoms. The Bertz CT molecular complexity index is 1070. The molecule has 1 N–H and O–H groups in total. The van der Waals surface area contributed by atoms with E-state index in [9.17, 15) is 8.42 Å². The molecule has 2 aromatic carbocycles. The molecule has 4 rings (SSSR count). The molecule has 3 aromatic rings. The van der Waals surface area contributed by atoms with E-state index in [4.69, 9.17) is 11.6 Å². The van der Waals surface area contributed by atoms with E-state index in [1.54, 1.807) is 24.4 Å². The molecule has 136 valence electrons. The zero-order valence-electron chi connectivity index (χ0n) is 14.4. The summed E-state index contributed by atoms with van der Waals surface area (Å²) in [5.41, 5.74) is 2.01. The van der Waals surface area contributed by atoms with E-state index in [0.29, 0.717) is 9.92 Å². The molecule has 7 heteroatoms. The van der Waals surface area contributed by atoms with Crippen molar-refractivity contribution < 1.29 is 8.42 Å². The van der Waals surface area contributed by atoms with E-state index >= 15 is 0 Å². The molecule has 0 aliphatic carbocycles. The number of halogens is 1. The molecular formula is C19H20ClN3O2S. The Labute approximate surface area is 158 Å². The molecule has 1 fully saturated rings. The number of piperazine rings is 1. The van der Waals surface area contributed by atoms with Crippen molar-refractivity contribution in [3.8, 4) is 0 Å².